The number of amides is 2. The number of aromatic nitrogens is 2. The van der Waals surface area contributed by atoms with Gasteiger partial charge < -0.3 is 34.5 Å². The van der Waals surface area contributed by atoms with Crippen molar-refractivity contribution in [3.05, 3.63) is 64.6 Å². The highest BCUT2D eigenvalue weighted by Crippen LogP contribution is 2.37. The highest BCUT2D eigenvalue weighted by atomic mass is 35.5. The van der Waals surface area contributed by atoms with Crippen molar-refractivity contribution in [2.24, 2.45) is 0 Å². The number of rotatable bonds is 9. The van der Waals surface area contributed by atoms with Crippen molar-refractivity contribution in [2.45, 2.75) is 56.8 Å². The Morgan fingerprint density at radius 1 is 1.25 bits per heavy atom. The normalized spacial score (nSPS) is 23.2. The highest BCUT2D eigenvalue weighted by molar-refractivity contribution is 6.33. The zero-order valence-electron chi connectivity index (χ0n) is 25.8. The molecule has 1 aromatic carbocycles. The van der Waals surface area contributed by atoms with Crippen molar-refractivity contribution >= 4 is 34.9 Å². The maximum atomic E-state index is 12.6. The minimum Gasteiger partial charge on any atom is -0.461 e. The van der Waals surface area contributed by atoms with Crippen LogP contribution in [0, 0.1) is 6.57 Å². The van der Waals surface area contributed by atoms with Gasteiger partial charge in [-0.1, -0.05) is 30.3 Å². The van der Waals surface area contributed by atoms with Crippen LogP contribution in [0.4, 0.5) is 11.5 Å². The van der Waals surface area contributed by atoms with Gasteiger partial charge in [0.2, 0.25) is 18.4 Å². The first-order chi connectivity index (χ1) is 21.1. The molecule has 0 radical (unpaired) electrons. The fourth-order valence-corrected chi connectivity index (χ4v) is 6.98. The molecule has 2 unspecified atom stereocenters. The van der Waals surface area contributed by atoms with E-state index in [0.29, 0.717) is 43.8 Å². The van der Waals surface area contributed by atoms with Gasteiger partial charge in [0.1, 0.15) is 18.5 Å². The number of piperazine rings is 1. The van der Waals surface area contributed by atoms with E-state index in [9.17, 15) is 9.59 Å². The van der Waals surface area contributed by atoms with E-state index in [2.05, 4.69) is 31.4 Å². The van der Waals surface area contributed by atoms with Gasteiger partial charge in [-0.05, 0) is 58.0 Å². The fraction of sp³-hybridized carbons (Fsp3) is 0.531. The van der Waals surface area contributed by atoms with Gasteiger partial charge in [0.25, 0.3) is 0 Å². The van der Waals surface area contributed by atoms with Crippen molar-refractivity contribution in [1.29, 1.82) is 0 Å². The molecule has 1 saturated heterocycles. The second-order valence-electron chi connectivity index (χ2n) is 12.1. The number of halogens is 1. The number of carbonyl (C=O) groups excluding carboxylic acids is 2. The van der Waals surface area contributed by atoms with Crippen LogP contribution >= 0.6 is 11.6 Å². The summed E-state index contributed by atoms with van der Waals surface area (Å²) in [5, 5.41) is 3.76. The summed E-state index contributed by atoms with van der Waals surface area (Å²) in [6, 6.07) is 7.94. The van der Waals surface area contributed by atoms with Gasteiger partial charge in [0.15, 0.2) is 0 Å². The Kier molecular flexibility index (Phi) is 9.61. The molecule has 3 atom stereocenters. The Hall–Kier alpha value is -3.88. The number of ether oxygens (including phenoxy) is 1. The number of nitrogens with one attached hydrogen (secondary N) is 1. The van der Waals surface area contributed by atoms with E-state index in [0.717, 1.165) is 55.0 Å². The summed E-state index contributed by atoms with van der Waals surface area (Å²) in [5.74, 6) is 0.610. The van der Waals surface area contributed by atoms with Crippen LogP contribution < -0.4 is 19.9 Å². The molecule has 12 heteroatoms. The van der Waals surface area contributed by atoms with Gasteiger partial charge in [-0.2, -0.15) is 9.97 Å². The number of benzene rings is 1. The minimum absolute atomic E-state index is 0.0254. The molecular weight excluding hydrogens is 580 g/mol. The van der Waals surface area contributed by atoms with Crippen molar-refractivity contribution < 1.29 is 14.3 Å². The van der Waals surface area contributed by atoms with E-state index in [1.54, 1.807) is 11.8 Å². The third kappa shape index (κ3) is 6.61. The van der Waals surface area contributed by atoms with Crippen molar-refractivity contribution in [3.63, 3.8) is 0 Å². The van der Waals surface area contributed by atoms with Crippen LogP contribution in [-0.2, 0) is 22.6 Å². The largest absolute Gasteiger partial charge is 0.461 e. The van der Waals surface area contributed by atoms with Crippen LogP contribution in [0.25, 0.3) is 4.85 Å². The summed E-state index contributed by atoms with van der Waals surface area (Å²) < 4.78 is 6.45. The standard InChI is InChI=1S/C32H41ClN8O3/c1-6-29(43)41-16-15-40(19-24(41)18-34-3)30-25-12-14-39(28-10-8-7-9-26(28)33)20-27(25)36-31(37-30)44-21-32(38(4)5)13-11-23(17-32)35-22(2)42/h6-10,23-24H,1,11-21H2,2,4-5H3,(H,35,42)/t23?,24-,32?/m0/s1. The smallest absolute Gasteiger partial charge is 0.318 e. The van der Waals surface area contributed by atoms with Crippen molar-refractivity contribution in [3.8, 4) is 6.01 Å². The molecule has 1 aliphatic carbocycles. The Morgan fingerprint density at radius 2 is 2.05 bits per heavy atom. The topological polar surface area (TPSA) is 98.5 Å². The number of nitrogens with zero attached hydrogens (tertiary/aromatic N) is 7. The molecule has 1 saturated carbocycles. The molecule has 0 bridgehead atoms. The number of carbonyl (C=O) groups is 2. The van der Waals surface area contributed by atoms with Crippen LogP contribution in [-0.4, -0.2) is 103 Å². The monoisotopic (exact) mass is 620 g/mol. The van der Waals surface area contributed by atoms with Crippen LogP contribution in [0.5, 0.6) is 6.01 Å². The van der Waals surface area contributed by atoms with Gasteiger partial charge in [-0.3, -0.25) is 9.59 Å². The number of anilines is 2. The second-order valence-corrected chi connectivity index (χ2v) is 12.5. The number of fused-ring (bicyclic) bond motifs is 1. The van der Waals surface area contributed by atoms with E-state index < -0.39 is 0 Å². The number of hydrogen-bond acceptors (Lipinski definition) is 8. The maximum Gasteiger partial charge on any atom is 0.318 e. The van der Waals surface area contributed by atoms with Gasteiger partial charge >= 0.3 is 6.01 Å². The SMILES string of the molecule is [C-]#[N+]C[C@H]1CN(c2nc(OCC3(N(C)C)CCC(NC(C)=O)C3)nc3c2CCN(c2ccccc2Cl)C3)CCN1C(=O)C=C. The molecular formula is C32H41ClN8O3. The molecule has 234 valence electrons. The first kappa shape index (κ1) is 31.5. The molecule has 2 aliphatic heterocycles. The number of hydrogen-bond donors (Lipinski definition) is 1. The van der Waals surface area contributed by atoms with Gasteiger partial charge in [-0.15, -0.1) is 0 Å². The molecule has 1 N–H and O–H groups in total. The third-order valence-corrected chi connectivity index (χ3v) is 9.49. The lowest BCUT2D eigenvalue weighted by molar-refractivity contribution is -0.128. The Morgan fingerprint density at radius 3 is 2.75 bits per heavy atom. The highest BCUT2D eigenvalue weighted by Gasteiger charge is 2.43. The van der Waals surface area contributed by atoms with Crippen LogP contribution in [0.2, 0.25) is 5.02 Å². The predicted octanol–water partition coefficient (Wildman–Crippen LogP) is 3.18. The van der Waals surface area contributed by atoms with E-state index >= 15 is 0 Å². The molecule has 2 amide bonds. The fourth-order valence-electron chi connectivity index (χ4n) is 6.73. The van der Waals surface area contributed by atoms with E-state index in [1.165, 1.54) is 6.08 Å². The Labute approximate surface area is 264 Å². The first-order valence-electron chi connectivity index (χ1n) is 15.1. The quantitative estimate of drug-likeness (QED) is 0.337. The summed E-state index contributed by atoms with van der Waals surface area (Å²) in [4.78, 5) is 46.2. The molecule has 11 nitrogen and oxygen atoms in total. The summed E-state index contributed by atoms with van der Waals surface area (Å²) in [5.41, 5.74) is 2.62. The van der Waals surface area contributed by atoms with Gasteiger partial charge in [0, 0.05) is 44.7 Å². The average molecular weight is 621 g/mol. The summed E-state index contributed by atoms with van der Waals surface area (Å²) in [6.45, 7) is 16.1. The van der Waals surface area contributed by atoms with Gasteiger partial charge in [0.05, 0.1) is 28.5 Å². The molecule has 44 heavy (non-hydrogen) atoms. The lowest BCUT2D eigenvalue weighted by Gasteiger charge is -2.41. The van der Waals surface area contributed by atoms with Crippen LogP contribution in [0.15, 0.2) is 36.9 Å². The second kappa shape index (κ2) is 13.4. The molecule has 0 spiro atoms. The molecule has 1 aromatic heterocycles. The number of likely N-dealkylation sites (N-methyl/N-ethyl adjacent to an activating group) is 1. The van der Waals surface area contributed by atoms with Crippen LogP contribution in [0.3, 0.4) is 0 Å². The predicted molar refractivity (Wildman–Crippen MR) is 171 cm³/mol. The Bertz CT molecular complexity index is 1450. The van der Waals surface area contributed by atoms with Crippen molar-refractivity contribution in [1.82, 2.24) is 25.1 Å². The zero-order chi connectivity index (χ0) is 31.4. The van der Waals surface area contributed by atoms with Crippen LogP contribution in [0.1, 0.15) is 37.4 Å². The lowest BCUT2D eigenvalue weighted by atomic mass is 9.97. The molecule has 2 fully saturated rings. The molecule has 3 heterocycles. The summed E-state index contributed by atoms with van der Waals surface area (Å²) in [7, 11) is 4.09. The molecule has 5 rings (SSSR count). The summed E-state index contributed by atoms with van der Waals surface area (Å²) in [6.07, 6.45) is 4.56. The third-order valence-electron chi connectivity index (χ3n) is 9.17. The van der Waals surface area contributed by atoms with Gasteiger partial charge in [-0.25, -0.2) is 6.57 Å². The maximum absolute atomic E-state index is 12.6. The average Bonchev–Trinajstić information content (AvgIpc) is 3.42. The summed E-state index contributed by atoms with van der Waals surface area (Å²) >= 11 is 6.57. The molecule has 3 aliphatic rings. The molecule has 2 aromatic rings. The lowest BCUT2D eigenvalue weighted by Crippen LogP contribution is -2.56. The minimum atomic E-state index is -0.272. The van der Waals surface area contributed by atoms with Crippen molar-refractivity contribution in [2.75, 3.05) is 63.2 Å². The zero-order valence-corrected chi connectivity index (χ0v) is 26.5. The van der Waals surface area contributed by atoms with E-state index in [1.807, 2.05) is 38.4 Å². The first-order valence-corrected chi connectivity index (χ1v) is 15.5. The number of para-hydroxylation sites is 1. The van der Waals surface area contributed by atoms with E-state index in [-0.39, 0.29) is 36.0 Å². The van der Waals surface area contributed by atoms with E-state index in [4.69, 9.17) is 32.9 Å². The Balaban J connectivity index is 1.46.